The van der Waals surface area contributed by atoms with Crippen molar-refractivity contribution in [2.24, 2.45) is 4.99 Å². The summed E-state index contributed by atoms with van der Waals surface area (Å²) in [4.78, 5) is 24.6. The number of methoxy groups -OCH3 is 1. The van der Waals surface area contributed by atoms with Gasteiger partial charge in [-0.2, -0.15) is 0 Å². The van der Waals surface area contributed by atoms with Crippen molar-refractivity contribution >= 4 is 23.2 Å². The first-order chi connectivity index (χ1) is 16.1. The average Bonchev–Trinajstić information content (AvgIpc) is 3.37. The zero-order valence-corrected chi connectivity index (χ0v) is 19.0. The summed E-state index contributed by atoms with van der Waals surface area (Å²) in [6.07, 6.45) is 8.27. The van der Waals surface area contributed by atoms with Crippen LogP contribution in [0.3, 0.4) is 0 Å². The molecule has 2 aromatic rings. The van der Waals surface area contributed by atoms with E-state index in [9.17, 15) is 4.79 Å². The molecule has 0 bridgehead atoms. The van der Waals surface area contributed by atoms with E-state index in [1.807, 2.05) is 41.3 Å². The Morgan fingerprint density at radius 1 is 1.18 bits per heavy atom. The lowest BCUT2D eigenvalue weighted by atomic mass is 9.85. The van der Waals surface area contributed by atoms with Crippen molar-refractivity contribution in [1.29, 1.82) is 0 Å². The Hall–Kier alpha value is -3.29. The van der Waals surface area contributed by atoms with Crippen molar-refractivity contribution in [3.63, 3.8) is 0 Å². The van der Waals surface area contributed by atoms with Gasteiger partial charge >= 0.3 is 0 Å². The Bertz CT molecular complexity index is 1020. The Labute approximate surface area is 194 Å². The lowest BCUT2D eigenvalue weighted by Gasteiger charge is -2.47. The number of anilines is 2. The molecule has 0 unspecified atom stereocenters. The maximum Gasteiger partial charge on any atom is 0.260 e. The van der Waals surface area contributed by atoms with Crippen LogP contribution in [0.15, 0.2) is 47.6 Å². The number of rotatable bonds is 5. The number of carbonyl (C=O) groups is 1. The number of fused-ring (bicyclic) bond motifs is 1. The van der Waals surface area contributed by atoms with Crippen molar-refractivity contribution in [1.82, 2.24) is 9.88 Å². The van der Waals surface area contributed by atoms with E-state index in [-0.39, 0.29) is 12.5 Å². The van der Waals surface area contributed by atoms with Crippen LogP contribution in [0.2, 0.25) is 0 Å². The molecule has 0 radical (unpaired) electrons. The van der Waals surface area contributed by atoms with E-state index in [2.05, 4.69) is 15.6 Å². The number of hydrogen-bond acceptors (Lipinski definition) is 6. The van der Waals surface area contributed by atoms with Gasteiger partial charge in [0.25, 0.3) is 5.91 Å². The van der Waals surface area contributed by atoms with Crippen LogP contribution in [0.5, 0.6) is 11.5 Å². The molecule has 2 fully saturated rings. The van der Waals surface area contributed by atoms with Gasteiger partial charge < -0.3 is 25.0 Å². The van der Waals surface area contributed by atoms with Gasteiger partial charge in [0.1, 0.15) is 22.9 Å². The van der Waals surface area contributed by atoms with Gasteiger partial charge in [-0.05, 0) is 62.1 Å². The average molecular weight is 450 g/mol. The SMILES string of the molecule is COc1ccc(OCC(=O)N2CCC[C@@]3(C2)Nc2cccnc2NC3=NC2CCCC2)cc1. The van der Waals surface area contributed by atoms with Crippen LogP contribution >= 0.6 is 0 Å². The van der Waals surface area contributed by atoms with Gasteiger partial charge in [-0.3, -0.25) is 9.79 Å². The highest BCUT2D eigenvalue weighted by Crippen LogP contribution is 2.36. The van der Waals surface area contributed by atoms with E-state index in [4.69, 9.17) is 14.5 Å². The zero-order valence-electron chi connectivity index (χ0n) is 19.0. The zero-order chi connectivity index (χ0) is 22.7. The largest absolute Gasteiger partial charge is 0.497 e. The van der Waals surface area contributed by atoms with Gasteiger partial charge in [0.15, 0.2) is 12.4 Å². The first-order valence-corrected chi connectivity index (χ1v) is 11.8. The molecular weight excluding hydrogens is 418 g/mol. The molecule has 1 amide bonds. The number of aromatic nitrogens is 1. The summed E-state index contributed by atoms with van der Waals surface area (Å²) in [6.45, 7) is 1.26. The van der Waals surface area contributed by atoms with Crippen LogP contribution in [0, 0.1) is 0 Å². The summed E-state index contributed by atoms with van der Waals surface area (Å²) < 4.78 is 10.9. The predicted molar refractivity (Wildman–Crippen MR) is 128 cm³/mol. The second-order valence-electron chi connectivity index (χ2n) is 9.03. The summed E-state index contributed by atoms with van der Waals surface area (Å²) in [5.41, 5.74) is 0.513. The summed E-state index contributed by atoms with van der Waals surface area (Å²) in [7, 11) is 1.62. The minimum absolute atomic E-state index is 0.00306. The fourth-order valence-corrected chi connectivity index (χ4v) is 5.00. The number of aliphatic imine (C=N–C) groups is 1. The third-order valence-corrected chi connectivity index (χ3v) is 6.77. The lowest BCUT2D eigenvalue weighted by molar-refractivity contribution is -0.134. The maximum absolute atomic E-state index is 13.1. The number of piperidine rings is 1. The second-order valence-corrected chi connectivity index (χ2v) is 9.03. The van der Waals surface area contributed by atoms with E-state index < -0.39 is 5.54 Å². The van der Waals surface area contributed by atoms with Crippen LogP contribution < -0.4 is 20.1 Å². The Balaban J connectivity index is 1.33. The summed E-state index contributed by atoms with van der Waals surface area (Å²) in [5.74, 6) is 3.09. The van der Waals surface area contributed by atoms with Gasteiger partial charge in [0.05, 0.1) is 25.4 Å². The number of hydrogen-bond donors (Lipinski definition) is 2. The number of amidine groups is 1. The normalized spacial score (nSPS) is 23.7. The summed E-state index contributed by atoms with van der Waals surface area (Å²) >= 11 is 0. The molecule has 8 heteroatoms. The summed E-state index contributed by atoms with van der Waals surface area (Å²) in [5, 5.41) is 7.21. The van der Waals surface area contributed by atoms with E-state index in [1.54, 1.807) is 13.3 Å². The highest BCUT2D eigenvalue weighted by Gasteiger charge is 2.45. The van der Waals surface area contributed by atoms with Crippen LogP contribution in [0.25, 0.3) is 0 Å². The molecule has 1 atom stereocenters. The van der Waals surface area contributed by atoms with E-state index in [0.717, 1.165) is 48.8 Å². The number of nitrogens with one attached hydrogen (secondary N) is 2. The third kappa shape index (κ3) is 4.60. The molecule has 3 heterocycles. The molecule has 3 aliphatic rings. The van der Waals surface area contributed by atoms with Crippen molar-refractivity contribution in [2.75, 3.05) is 37.4 Å². The van der Waals surface area contributed by atoms with E-state index in [0.29, 0.717) is 24.9 Å². The van der Waals surface area contributed by atoms with Crippen molar-refractivity contribution in [2.45, 2.75) is 50.1 Å². The topological polar surface area (TPSA) is 88.1 Å². The number of pyridine rings is 1. The molecule has 1 aliphatic carbocycles. The fourth-order valence-electron chi connectivity index (χ4n) is 5.00. The first-order valence-electron chi connectivity index (χ1n) is 11.8. The highest BCUT2D eigenvalue weighted by atomic mass is 16.5. The third-order valence-electron chi connectivity index (χ3n) is 6.77. The van der Waals surface area contributed by atoms with Gasteiger partial charge in [-0.15, -0.1) is 0 Å². The molecule has 1 saturated carbocycles. The number of nitrogens with zero attached hydrogens (tertiary/aromatic N) is 3. The molecule has 1 spiro atoms. The molecule has 1 aromatic carbocycles. The van der Waals surface area contributed by atoms with Gasteiger partial charge in [-0.1, -0.05) is 12.8 Å². The number of ether oxygens (including phenoxy) is 2. The monoisotopic (exact) mass is 449 g/mol. The quantitative estimate of drug-likeness (QED) is 0.724. The molecule has 1 aromatic heterocycles. The molecule has 2 aliphatic heterocycles. The first kappa shape index (κ1) is 21.6. The maximum atomic E-state index is 13.1. The number of likely N-dealkylation sites (tertiary alicyclic amines) is 1. The van der Waals surface area contributed by atoms with Crippen LogP contribution in [0.4, 0.5) is 11.5 Å². The summed E-state index contributed by atoms with van der Waals surface area (Å²) in [6, 6.07) is 11.6. The molecule has 8 nitrogen and oxygen atoms in total. The Morgan fingerprint density at radius 3 is 2.76 bits per heavy atom. The second kappa shape index (κ2) is 9.29. The number of amides is 1. The minimum Gasteiger partial charge on any atom is -0.497 e. The van der Waals surface area contributed by atoms with Gasteiger partial charge in [0.2, 0.25) is 0 Å². The Morgan fingerprint density at radius 2 is 1.97 bits per heavy atom. The molecule has 2 N–H and O–H groups in total. The highest BCUT2D eigenvalue weighted by molar-refractivity contribution is 6.09. The molecule has 1 saturated heterocycles. The number of carbonyl (C=O) groups excluding carboxylic acids is 1. The van der Waals surface area contributed by atoms with Gasteiger partial charge in [0, 0.05) is 12.7 Å². The fraction of sp³-hybridized carbons (Fsp3) is 0.480. The van der Waals surface area contributed by atoms with E-state index in [1.165, 1.54) is 12.8 Å². The molecule has 5 rings (SSSR count). The van der Waals surface area contributed by atoms with Gasteiger partial charge in [-0.25, -0.2) is 4.98 Å². The van der Waals surface area contributed by atoms with E-state index >= 15 is 0 Å². The molecular formula is C25H31N5O3. The standard InChI is InChI=1S/C25H31N5O3/c1-32-19-9-11-20(12-10-19)33-16-22(31)30-15-5-13-25(17-30)24(27-18-6-2-3-7-18)28-23-21(29-25)8-4-14-26-23/h4,8-12,14,18,29H,2-3,5-7,13,15-17H2,1H3,(H,26,27,28)/t25-/m0/s1. The van der Waals surface area contributed by atoms with Crippen molar-refractivity contribution < 1.29 is 14.3 Å². The molecule has 174 valence electrons. The van der Waals surface area contributed by atoms with Crippen molar-refractivity contribution in [3.05, 3.63) is 42.6 Å². The molecule has 33 heavy (non-hydrogen) atoms. The number of benzene rings is 1. The minimum atomic E-state index is -0.438. The van der Waals surface area contributed by atoms with Crippen LogP contribution in [-0.4, -0.2) is 60.0 Å². The Kier molecular flexibility index (Phi) is 6.07. The predicted octanol–water partition coefficient (Wildman–Crippen LogP) is 3.71. The van der Waals surface area contributed by atoms with Crippen molar-refractivity contribution in [3.8, 4) is 11.5 Å². The smallest absolute Gasteiger partial charge is 0.260 e. The van der Waals surface area contributed by atoms with Crippen LogP contribution in [0.1, 0.15) is 38.5 Å². The van der Waals surface area contributed by atoms with Crippen LogP contribution in [-0.2, 0) is 4.79 Å². The lowest BCUT2D eigenvalue weighted by Crippen LogP contribution is -2.63.